The molecule has 1 aromatic heterocycles. The molecular weight excluding hydrogens is 534 g/mol. The van der Waals surface area contributed by atoms with E-state index in [9.17, 15) is 24.9 Å². The quantitative estimate of drug-likeness (QED) is 0.347. The number of hydrogen-bond donors (Lipinski definition) is 3. The van der Waals surface area contributed by atoms with Crippen molar-refractivity contribution < 1.29 is 39.1 Å². The maximum atomic E-state index is 13.3. The Morgan fingerprint density at radius 1 is 1.20 bits per heavy atom. The zero-order valence-corrected chi connectivity index (χ0v) is 25.1. The van der Waals surface area contributed by atoms with Gasteiger partial charge < -0.3 is 29.5 Å². The molecule has 2 aliphatic heterocycles. The van der Waals surface area contributed by atoms with E-state index in [0.717, 1.165) is 30.4 Å². The minimum atomic E-state index is -1.27. The fourth-order valence-corrected chi connectivity index (χ4v) is 5.87. The second kappa shape index (κ2) is 14.8. The molecule has 1 fully saturated rings. The first-order chi connectivity index (χ1) is 18.9. The number of cyclic esters (lactones) is 1. The van der Waals surface area contributed by atoms with E-state index in [2.05, 4.69) is 11.1 Å². The van der Waals surface area contributed by atoms with Crippen molar-refractivity contribution in [3.8, 4) is 0 Å². The second-order valence-electron chi connectivity index (χ2n) is 11.6. The summed E-state index contributed by atoms with van der Waals surface area (Å²) in [4.78, 5) is 30.8. The number of Topliss-reactive ketones (excluding diaryl/α,β-unsaturated/α-hetero) is 1. The number of carbonyl (C=O) groups excluding carboxylic acids is 2. The molecule has 1 aromatic rings. The van der Waals surface area contributed by atoms with Gasteiger partial charge in [0.1, 0.15) is 16.9 Å². The van der Waals surface area contributed by atoms with E-state index in [1.165, 1.54) is 11.3 Å². The molecule has 0 saturated carbocycles. The van der Waals surface area contributed by atoms with Crippen molar-refractivity contribution in [3.63, 3.8) is 0 Å². The number of carbonyl (C=O) groups is 2. The summed E-state index contributed by atoms with van der Waals surface area (Å²) in [5.74, 6) is -1.72. The second-order valence-corrected chi connectivity index (χ2v) is 12.6. The van der Waals surface area contributed by atoms with Gasteiger partial charge in [-0.2, -0.15) is 0 Å². The van der Waals surface area contributed by atoms with Gasteiger partial charge in [-0.15, -0.1) is 11.3 Å². The molecule has 0 unspecified atom stereocenters. The lowest BCUT2D eigenvalue weighted by atomic mass is 9.73. The number of rotatable bonds is 5. The summed E-state index contributed by atoms with van der Waals surface area (Å²) >= 11 is 1.35. The molecule has 5 atom stereocenters. The van der Waals surface area contributed by atoms with Gasteiger partial charge in [0.05, 0.1) is 49.6 Å². The van der Waals surface area contributed by atoms with Crippen molar-refractivity contribution in [2.24, 2.45) is 17.3 Å². The van der Waals surface area contributed by atoms with Crippen LogP contribution >= 0.6 is 11.3 Å². The molecular formula is C30H45NO8S. The fraction of sp³-hybridized carbons (Fsp3) is 0.700. The lowest BCUT2D eigenvalue weighted by Crippen LogP contribution is -2.45. The number of hydrogen-bond acceptors (Lipinski definition) is 10. The number of esters is 1. The van der Waals surface area contributed by atoms with Crippen LogP contribution in [0.2, 0.25) is 0 Å². The molecule has 2 aliphatic rings. The summed E-state index contributed by atoms with van der Waals surface area (Å²) in [5.41, 5.74) is 1.30. The molecule has 9 nitrogen and oxygen atoms in total. The number of aromatic nitrogens is 1. The third-order valence-corrected chi connectivity index (χ3v) is 8.95. The van der Waals surface area contributed by atoms with Crippen molar-refractivity contribution in [1.29, 1.82) is 0 Å². The SMILES string of the molecule is C/C(=C\c1csc(CO)n1)[C@@H]1C/C=C(/CC2OCCO2)CCC[C@H](C)[C@H](O)[C@@H](C)C(=O)C(C)(C)[C@@H](O)CC(=O)O1. The first-order valence-corrected chi connectivity index (χ1v) is 15.0. The first kappa shape index (κ1) is 32.6. The van der Waals surface area contributed by atoms with E-state index in [-0.39, 0.29) is 31.0 Å². The molecule has 3 N–H and O–H groups in total. The number of aliphatic hydroxyl groups is 3. The highest BCUT2D eigenvalue weighted by Crippen LogP contribution is 2.33. The van der Waals surface area contributed by atoms with Crippen molar-refractivity contribution in [1.82, 2.24) is 4.98 Å². The number of ether oxygens (including phenoxy) is 3. The summed E-state index contributed by atoms with van der Waals surface area (Å²) in [5, 5.41) is 33.7. The molecule has 0 aromatic carbocycles. The van der Waals surface area contributed by atoms with E-state index < -0.39 is 35.6 Å². The maximum absolute atomic E-state index is 13.3. The van der Waals surface area contributed by atoms with Gasteiger partial charge in [0.15, 0.2) is 6.29 Å². The van der Waals surface area contributed by atoms with Gasteiger partial charge in [-0.25, -0.2) is 4.98 Å². The van der Waals surface area contributed by atoms with Gasteiger partial charge in [0, 0.05) is 24.1 Å². The third kappa shape index (κ3) is 8.77. The van der Waals surface area contributed by atoms with E-state index in [0.29, 0.717) is 36.8 Å². The molecule has 224 valence electrons. The molecule has 0 radical (unpaired) electrons. The average Bonchev–Trinajstić information content (AvgIpc) is 3.60. The fourth-order valence-electron chi connectivity index (χ4n) is 5.26. The van der Waals surface area contributed by atoms with Gasteiger partial charge in [-0.05, 0) is 43.8 Å². The summed E-state index contributed by atoms with van der Waals surface area (Å²) in [7, 11) is 0. The van der Waals surface area contributed by atoms with E-state index in [1.807, 2.05) is 25.3 Å². The lowest BCUT2D eigenvalue weighted by Gasteiger charge is -2.34. The molecule has 0 amide bonds. The van der Waals surface area contributed by atoms with Crippen molar-refractivity contribution in [3.05, 3.63) is 33.3 Å². The Hall–Kier alpha value is -1.95. The molecule has 40 heavy (non-hydrogen) atoms. The van der Waals surface area contributed by atoms with Crippen LogP contribution in [0.4, 0.5) is 0 Å². The van der Waals surface area contributed by atoms with E-state index in [4.69, 9.17) is 14.2 Å². The summed E-state index contributed by atoms with van der Waals surface area (Å²) in [6, 6.07) is 0. The van der Waals surface area contributed by atoms with Crippen LogP contribution < -0.4 is 0 Å². The van der Waals surface area contributed by atoms with Crippen LogP contribution in [0.1, 0.15) is 83.8 Å². The Balaban J connectivity index is 1.92. The summed E-state index contributed by atoms with van der Waals surface area (Å²) < 4.78 is 17.3. The van der Waals surface area contributed by atoms with Crippen LogP contribution in [-0.2, 0) is 30.4 Å². The Kier molecular flexibility index (Phi) is 12.0. The highest BCUT2D eigenvalue weighted by atomic mass is 32.1. The van der Waals surface area contributed by atoms with Crippen LogP contribution in [0, 0.1) is 17.3 Å². The van der Waals surface area contributed by atoms with Gasteiger partial charge in [0.25, 0.3) is 0 Å². The van der Waals surface area contributed by atoms with Crippen molar-refractivity contribution >= 4 is 29.2 Å². The van der Waals surface area contributed by atoms with Crippen LogP contribution in [0.15, 0.2) is 22.6 Å². The van der Waals surface area contributed by atoms with Crippen molar-refractivity contribution in [2.45, 2.75) is 104 Å². The Labute approximate surface area is 241 Å². The van der Waals surface area contributed by atoms with Crippen LogP contribution in [0.5, 0.6) is 0 Å². The summed E-state index contributed by atoms with van der Waals surface area (Å²) in [6.07, 6.45) is 3.74. The Bertz CT molecular complexity index is 1060. The zero-order chi connectivity index (χ0) is 29.4. The number of nitrogens with zero attached hydrogens (tertiary/aromatic N) is 1. The molecule has 3 rings (SSSR count). The van der Waals surface area contributed by atoms with E-state index >= 15 is 0 Å². The normalized spacial score (nSPS) is 31.6. The Morgan fingerprint density at radius 3 is 2.55 bits per heavy atom. The average molecular weight is 580 g/mol. The zero-order valence-electron chi connectivity index (χ0n) is 24.3. The number of thiazole rings is 1. The molecule has 3 heterocycles. The molecule has 0 aliphatic carbocycles. The topological polar surface area (TPSA) is 135 Å². The number of ketones is 1. The number of aliphatic hydroxyl groups excluding tert-OH is 3. The predicted octanol–water partition coefficient (Wildman–Crippen LogP) is 4.19. The van der Waals surface area contributed by atoms with Crippen LogP contribution in [0.3, 0.4) is 0 Å². The van der Waals surface area contributed by atoms with Crippen molar-refractivity contribution in [2.75, 3.05) is 13.2 Å². The smallest absolute Gasteiger partial charge is 0.309 e. The lowest BCUT2D eigenvalue weighted by molar-refractivity contribution is -0.154. The van der Waals surface area contributed by atoms with E-state index in [1.54, 1.807) is 20.8 Å². The molecule has 1 saturated heterocycles. The molecule has 0 spiro atoms. The largest absolute Gasteiger partial charge is 0.457 e. The maximum Gasteiger partial charge on any atom is 0.309 e. The molecule has 0 bridgehead atoms. The van der Waals surface area contributed by atoms with Gasteiger partial charge in [-0.1, -0.05) is 39.3 Å². The summed E-state index contributed by atoms with van der Waals surface area (Å²) in [6.45, 7) is 9.66. The highest BCUT2D eigenvalue weighted by molar-refractivity contribution is 7.09. The predicted molar refractivity (Wildman–Crippen MR) is 152 cm³/mol. The van der Waals surface area contributed by atoms with Gasteiger partial charge >= 0.3 is 5.97 Å². The van der Waals surface area contributed by atoms with Gasteiger partial charge in [-0.3, -0.25) is 9.59 Å². The Morgan fingerprint density at radius 2 is 1.90 bits per heavy atom. The minimum Gasteiger partial charge on any atom is -0.457 e. The van der Waals surface area contributed by atoms with Crippen LogP contribution in [0.25, 0.3) is 6.08 Å². The monoisotopic (exact) mass is 579 g/mol. The third-order valence-electron chi connectivity index (χ3n) is 8.10. The first-order valence-electron chi connectivity index (χ1n) is 14.2. The van der Waals surface area contributed by atoms with Crippen LogP contribution in [-0.4, -0.2) is 69.9 Å². The molecule has 10 heteroatoms. The minimum absolute atomic E-state index is 0.121. The highest BCUT2D eigenvalue weighted by Gasteiger charge is 2.42. The van der Waals surface area contributed by atoms with Gasteiger partial charge in [0.2, 0.25) is 0 Å². The standard InChI is InChI=1S/C30H45NO8S/c1-18-7-6-8-21(14-27-37-11-12-38-27)9-10-23(19(2)13-22-17-40-25(16-32)31-22)39-26(34)15-24(33)30(4,5)29(36)20(3)28(18)35/h9,13,17-18,20,23-24,27-28,32-33,35H,6-8,10-12,14-16H2,1-5H3/b19-13+,21-9+/t18-,20+,23-,24-,28-/m0/s1.